The molecule has 20 heavy (non-hydrogen) atoms. The lowest BCUT2D eigenvalue weighted by Gasteiger charge is -2.26. The second kappa shape index (κ2) is 5.66. The standard InChI is InChI=1S/C13H15ClN2O4/c1-8-6-12(16(18)19)9(14)7-11(8)15-5-3-4-10(15)13(17)20-2/h6-7,10H,3-5H2,1-2H3. The van der Waals surface area contributed by atoms with Crippen molar-refractivity contribution in [3.8, 4) is 0 Å². The molecule has 0 spiro atoms. The number of carbonyl (C=O) groups is 1. The van der Waals surface area contributed by atoms with E-state index >= 15 is 0 Å². The summed E-state index contributed by atoms with van der Waals surface area (Å²) in [5, 5.41) is 10.9. The number of hydrogen-bond donors (Lipinski definition) is 0. The van der Waals surface area contributed by atoms with E-state index in [-0.39, 0.29) is 22.7 Å². The monoisotopic (exact) mass is 298 g/mol. The lowest BCUT2D eigenvalue weighted by atomic mass is 10.1. The zero-order valence-corrected chi connectivity index (χ0v) is 12.0. The number of rotatable bonds is 3. The summed E-state index contributed by atoms with van der Waals surface area (Å²) < 4.78 is 4.80. The predicted molar refractivity (Wildman–Crippen MR) is 75.2 cm³/mol. The van der Waals surface area contributed by atoms with Gasteiger partial charge in [0.2, 0.25) is 0 Å². The van der Waals surface area contributed by atoms with Crippen LogP contribution in [0.3, 0.4) is 0 Å². The van der Waals surface area contributed by atoms with Crippen molar-refractivity contribution in [3.63, 3.8) is 0 Å². The largest absolute Gasteiger partial charge is 0.467 e. The van der Waals surface area contributed by atoms with E-state index in [9.17, 15) is 14.9 Å². The first-order valence-electron chi connectivity index (χ1n) is 6.24. The molecule has 0 radical (unpaired) electrons. The third-order valence-corrected chi connectivity index (χ3v) is 3.80. The number of anilines is 1. The first kappa shape index (κ1) is 14.6. The SMILES string of the molecule is COC(=O)C1CCCN1c1cc(Cl)c([N+](=O)[O-])cc1C. The van der Waals surface area contributed by atoms with E-state index in [1.807, 2.05) is 4.90 Å². The molecule has 1 aromatic rings. The highest BCUT2D eigenvalue weighted by Gasteiger charge is 2.33. The van der Waals surface area contributed by atoms with Gasteiger partial charge in [0.1, 0.15) is 11.1 Å². The molecule has 0 saturated carbocycles. The summed E-state index contributed by atoms with van der Waals surface area (Å²) in [5.41, 5.74) is 1.34. The number of benzene rings is 1. The van der Waals surface area contributed by atoms with Gasteiger partial charge in [-0.2, -0.15) is 0 Å². The van der Waals surface area contributed by atoms with E-state index in [1.165, 1.54) is 13.2 Å². The predicted octanol–water partition coefficient (Wildman–Crippen LogP) is 2.70. The highest BCUT2D eigenvalue weighted by Crippen LogP contribution is 2.35. The summed E-state index contributed by atoms with van der Waals surface area (Å²) in [5.74, 6) is -0.295. The molecule has 2 rings (SSSR count). The van der Waals surface area contributed by atoms with Gasteiger partial charge in [-0.05, 0) is 31.4 Å². The molecule has 1 aliphatic rings. The van der Waals surface area contributed by atoms with E-state index in [0.717, 1.165) is 17.7 Å². The molecule has 0 amide bonds. The molecule has 1 aliphatic heterocycles. The van der Waals surface area contributed by atoms with Crippen molar-refractivity contribution < 1.29 is 14.5 Å². The van der Waals surface area contributed by atoms with Gasteiger partial charge in [0.15, 0.2) is 0 Å². The minimum atomic E-state index is -0.513. The number of esters is 1. The molecule has 0 aromatic heterocycles. The van der Waals surface area contributed by atoms with Gasteiger partial charge in [0, 0.05) is 18.3 Å². The normalized spacial score (nSPS) is 18.1. The van der Waals surface area contributed by atoms with E-state index in [1.54, 1.807) is 13.0 Å². The van der Waals surface area contributed by atoms with Gasteiger partial charge >= 0.3 is 5.97 Å². The third kappa shape index (κ3) is 2.56. The summed E-state index contributed by atoms with van der Waals surface area (Å²) in [4.78, 5) is 24.0. The summed E-state index contributed by atoms with van der Waals surface area (Å²) in [6, 6.07) is 2.64. The van der Waals surface area contributed by atoms with Gasteiger partial charge in [-0.1, -0.05) is 11.6 Å². The fourth-order valence-electron chi connectivity index (χ4n) is 2.54. The van der Waals surface area contributed by atoms with Gasteiger partial charge in [0.25, 0.3) is 5.69 Å². The first-order valence-corrected chi connectivity index (χ1v) is 6.62. The Hall–Kier alpha value is -1.82. The van der Waals surface area contributed by atoms with Crippen LogP contribution in [0.25, 0.3) is 0 Å². The Morgan fingerprint density at radius 2 is 2.25 bits per heavy atom. The maximum Gasteiger partial charge on any atom is 0.328 e. The van der Waals surface area contributed by atoms with Crippen LogP contribution < -0.4 is 4.90 Å². The van der Waals surface area contributed by atoms with Crippen LogP contribution in [-0.4, -0.2) is 30.6 Å². The summed E-state index contributed by atoms with van der Waals surface area (Å²) in [6.45, 7) is 2.47. The Labute approximate surface area is 121 Å². The summed E-state index contributed by atoms with van der Waals surface area (Å²) >= 11 is 5.95. The number of nitrogens with zero attached hydrogens (tertiary/aromatic N) is 2. The minimum Gasteiger partial charge on any atom is -0.467 e. The number of nitro benzene ring substituents is 1. The molecular formula is C13H15ClN2O4. The van der Waals surface area contributed by atoms with Crippen LogP contribution in [0.5, 0.6) is 0 Å². The highest BCUT2D eigenvalue weighted by molar-refractivity contribution is 6.33. The molecular weight excluding hydrogens is 284 g/mol. The van der Waals surface area contributed by atoms with Gasteiger partial charge < -0.3 is 9.64 Å². The topological polar surface area (TPSA) is 72.7 Å². The van der Waals surface area contributed by atoms with Crippen LogP contribution in [0.4, 0.5) is 11.4 Å². The average Bonchev–Trinajstić information content (AvgIpc) is 2.88. The first-order chi connectivity index (χ1) is 9.45. The van der Waals surface area contributed by atoms with Crippen molar-refractivity contribution in [2.75, 3.05) is 18.6 Å². The maximum atomic E-state index is 11.8. The van der Waals surface area contributed by atoms with E-state index in [0.29, 0.717) is 13.0 Å². The Morgan fingerprint density at radius 1 is 1.55 bits per heavy atom. The van der Waals surface area contributed by atoms with E-state index in [4.69, 9.17) is 16.3 Å². The number of nitro groups is 1. The quantitative estimate of drug-likeness (QED) is 0.487. The molecule has 0 aliphatic carbocycles. The fourth-order valence-corrected chi connectivity index (χ4v) is 2.77. The Kier molecular flexibility index (Phi) is 4.13. The van der Waals surface area contributed by atoms with Gasteiger partial charge in [-0.3, -0.25) is 10.1 Å². The molecule has 108 valence electrons. The van der Waals surface area contributed by atoms with Crippen molar-refractivity contribution in [1.29, 1.82) is 0 Å². The molecule has 1 heterocycles. The number of aryl methyl sites for hydroxylation is 1. The molecule has 0 bridgehead atoms. The third-order valence-electron chi connectivity index (χ3n) is 3.50. The van der Waals surface area contributed by atoms with Crippen LogP contribution in [-0.2, 0) is 9.53 Å². The molecule has 1 aromatic carbocycles. The maximum absolute atomic E-state index is 11.8. The Balaban J connectivity index is 2.40. The van der Waals surface area contributed by atoms with Crippen molar-refractivity contribution in [1.82, 2.24) is 0 Å². The second-order valence-electron chi connectivity index (χ2n) is 4.72. The fraction of sp³-hybridized carbons (Fsp3) is 0.462. The van der Waals surface area contributed by atoms with Crippen LogP contribution in [0.15, 0.2) is 12.1 Å². The number of methoxy groups -OCH3 is 1. The van der Waals surface area contributed by atoms with Crippen LogP contribution in [0.2, 0.25) is 5.02 Å². The lowest BCUT2D eigenvalue weighted by molar-refractivity contribution is -0.384. The van der Waals surface area contributed by atoms with Crippen molar-refractivity contribution in [2.45, 2.75) is 25.8 Å². The second-order valence-corrected chi connectivity index (χ2v) is 5.13. The molecule has 0 N–H and O–H groups in total. The zero-order valence-electron chi connectivity index (χ0n) is 11.3. The summed E-state index contributed by atoms with van der Waals surface area (Å²) in [6.07, 6.45) is 1.58. The molecule has 1 saturated heterocycles. The van der Waals surface area contributed by atoms with Crippen molar-refractivity contribution in [2.24, 2.45) is 0 Å². The lowest BCUT2D eigenvalue weighted by Crippen LogP contribution is -2.37. The molecule has 1 unspecified atom stereocenters. The highest BCUT2D eigenvalue weighted by atomic mass is 35.5. The van der Waals surface area contributed by atoms with E-state index < -0.39 is 4.92 Å². The Bertz CT molecular complexity index is 562. The molecule has 6 nitrogen and oxygen atoms in total. The average molecular weight is 299 g/mol. The van der Waals surface area contributed by atoms with E-state index in [2.05, 4.69) is 0 Å². The van der Waals surface area contributed by atoms with Gasteiger partial charge in [-0.15, -0.1) is 0 Å². The smallest absolute Gasteiger partial charge is 0.328 e. The van der Waals surface area contributed by atoms with Crippen LogP contribution >= 0.6 is 11.6 Å². The van der Waals surface area contributed by atoms with Crippen molar-refractivity contribution >= 4 is 28.9 Å². The zero-order chi connectivity index (χ0) is 14.9. The van der Waals surface area contributed by atoms with Crippen molar-refractivity contribution in [3.05, 3.63) is 32.8 Å². The minimum absolute atomic E-state index is 0.0751. The van der Waals surface area contributed by atoms with Gasteiger partial charge in [-0.25, -0.2) is 4.79 Å². The number of carbonyl (C=O) groups excluding carboxylic acids is 1. The number of halogens is 1. The summed E-state index contributed by atoms with van der Waals surface area (Å²) in [7, 11) is 1.36. The van der Waals surface area contributed by atoms with Crippen LogP contribution in [0.1, 0.15) is 18.4 Å². The number of ether oxygens (including phenoxy) is 1. The van der Waals surface area contributed by atoms with Gasteiger partial charge in [0.05, 0.1) is 12.0 Å². The van der Waals surface area contributed by atoms with Crippen LogP contribution in [0, 0.1) is 17.0 Å². The molecule has 1 atom stereocenters. The number of hydrogen-bond acceptors (Lipinski definition) is 5. The Morgan fingerprint density at radius 3 is 2.85 bits per heavy atom. The molecule has 7 heteroatoms. The molecule has 1 fully saturated rings.